The number of morpholine rings is 1. The van der Waals surface area contributed by atoms with Gasteiger partial charge in [0, 0.05) is 32.2 Å². The van der Waals surface area contributed by atoms with Crippen molar-refractivity contribution in [2.45, 2.75) is 26.4 Å². The predicted molar refractivity (Wildman–Crippen MR) is 99.2 cm³/mol. The van der Waals surface area contributed by atoms with Gasteiger partial charge in [0.25, 0.3) is 0 Å². The van der Waals surface area contributed by atoms with Crippen molar-refractivity contribution in [3.63, 3.8) is 0 Å². The summed E-state index contributed by atoms with van der Waals surface area (Å²) in [6, 6.07) is 17.9. The van der Waals surface area contributed by atoms with Crippen molar-refractivity contribution in [1.29, 1.82) is 0 Å². The quantitative estimate of drug-likeness (QED) is 0.880. The Morgan fingerprint density at radius 1 is 1.00 bits per heavy atom. The minimum absolute atomic E-state index is 0.338. The fourth-order valence-electron chi connectivity index (χ4n) is 3.43. The molecule has 0 aliphatic carbocycles. The van der Waals surface area contributed by atoms with Crippen LogP contribution >= 0.6 is 0 Å². The standard InChI is InChI=1S/C21H28N2O/c1-17-12-18(2)14-19(13-17)15-22-21(20-6-4-3-5-7-20)16-23-8-10-24-11-9-23/h3-7,12-14,21-22H,8-11,15-16H2,1-2H3. The minimum atomic E-state index is 0.338. The highest BCUT2D eigenvalue weighted by atomic mass is 16.5. The smallest absolute Gasteiger partial charge is 0.0594 e. The molecular formula is C21H28N2O. The predicted octanol–water partition coefficient (Wildman–Crippen LogP) is 3.47. The number of rotatable bonds is 6. The molecule has 0 spiro atoms. The van der Waals surface area contributed by atoms with Gasteiger partial charge in [-0.15, -0.1) is 0 Å². The molecule has 2 aromatic carbocycles. The Balaban J connectivity index is 1.69. The van der Waals surface area contributed by atoms with Crippen molar-refractivity contribution in [3.8, 4) is 0 Å². The van der Waals surface area contributed by atoms with E-state index in [1.807, 2.05) is 0 Å². The maximum atomic E-state index is 5.48. The van der Waals surface area contributed by atoms with Crippen molar-refractivity contribution in [3.05, 3.63) is 70.8 Å². The van der Waals surface area contributed by atoms with E-state index in [4.69, 9.17) is 4.74 Å². The van der Waals surface area contributed by atoms with Crippen molar-refractivity contribution >= 4 is 0 Å². The third-order valence-electron chi connectivity index (χ3n) is 4.58. The van der Waals surface area contributed by atoms with E-state index < -0.39 is 0 Å². The first-order valence-corrected chi connectivity index (χ1v) is 8.86. The SMILES string of the molecule is Cc1cc(C)cc(CNC(CN2CCOCC2)c2ccccc2)c1. The summed E-state index contributed by atoms with van der Waals surface area (Å²) in [5, 5.41) is 3.77. The van der Waals surface area contributed by atoms with Crippen LogP contribution in [0, 0.1) is 13.8 Å². The summed E-state index contributed by atoms with van der Waals surface area (Å²) in [5.74, 6) is 0. The van der Waals surface area contributed by atoms with Gasteiger partial charge in [0.2, 0.25) is 0 Å². The zero-order chi connectivity index (χ0) is 16.8. The second-order valence-electron chi connectivity index (χ2n) is 6.75. The van der Waals surface area contributed by atoms with E-state index in [0.29, 0.717) is 6.04 Å². The van der Waals surface area contributed by atoms with Crippen LogP contribution in [0.4, 0.5) is 0 Å². The number of nitrogens with zero attached hydrogens (tertiary/aromatic N) is 1. The first kappa shape index (κ1) is 17.2. The molecule has 1 heterocycles. The van der Waals surface area contributed by atoms with Crippen molar-refractivity contribution in [2.75, 3.05) is 32.8 Å². The molecule has 0 radical (unpaired) electrons. The van der Waals surface area contributed by atoms with E-state index in [9.17, 15) is 0 Å². The number of benzene rings is 2. The summed E-state index contributed by atoms with van der Waals surface area (Å²) in [5.41, 5.74) is 5.37. The Morgan fingerprint density at radius 2 is 1.67 bits per heavy atom. The van der Waals surface area contributed by atoms with Gasteiger partial charge >= 0.3 is 0 Å². The fraction of sp³-hybridized carbons (Fsp3) is 0.429. The van der Waals surface area contributed by atoms with E-state index >= 15 is 0 Å². The van der Waals surface area contributed by atoms with Gasteiger partial charge in [0.05, 0.1) is 13.2 Å². The highest BCUT2D eigenvalue weighted by Crippen LogP contribution is 2.17. The van der Waals surface area contributed by atoms with Gasteiger partial charge in [-0.25, -0.2) is 0 Å². The monoisotopic (exact) mass is 324 g/mol. The largest absolute Gasteiger partial charge is 0.379 e. The molecule has 3 rings (SSSR count). The van der Waals surface area contributed by atoms with Crippen LogP contribution in [0.25, 0.3) is 0 Å². The van der Waals surface area contributed by atoms with Gasteiger partial charge < -0.3 is 10.1 Å². The molecule has 2 aromatic rings. The topological polar surface area (TPSA) is 24.5 Å². The summed E-state index contributed by atoms with van der Waals surface area (Å²) in [7, 11) is 0. The zero-order valence-electron chi connectivity index (χ0n) is 14.8. The highest BCUT2D eigenvalue weighted by molar-refractivity contribution is 5.29. The Labute approximate surface area is 145 Å². The summed E-state index contributed by atoms with van der Waals surface area (Å²) in [4.78, 5) is 2.50. The molecule has 1 aliphatic heterocycles. The molecule has 0 aromatic heterocycles. The zero-order valence-corrected chi connectivity index (χ0v) is 14.8. The fourth-order valence-corrected chi connectivity index (χ4v) is 3.43. The molecule has 128 valence electrons. The van der Waals surface area contributed by atoms with E-state index in [0.717, 1.165) is 39.4 Å². The second-order valence-corrected chi connectivity index (χ2v) is 6.75. The van der Waals surface area contributed by atoms with E-state index in [1.54, 1.807) is 0 Å². The molecule has 0 amide bonds. The molecular weight excluding hydrogens is 296 g/mol. The summed E-state index contributed by atoms with van der Waals surface area (Å²) < 4.78 is 5.48. The second kappa shape index (κ2) is 8.43. The molecule has 24 heavy (non-hydrogen) atoms. The van der Waals surface area contributed by atoms with Crippen LogP contribution in [0.1, 0.15) is 28.3 Å². The molecule has 3 heteroatoms. The molecule has 3 nitrogen and oxygen atoms in total. The third kappa shape index (κ3) is 4.91. The Bertz CT molecular complexity index is 615. The van der Waals surface area contributed by atoms with Crippen LogP contribution in [-0.2, 0) is 11.3 Å². The molecule has 0 saturated carbocycles. The molecule has 1 unspecified atom stereocenters. The molecule has 1 atom stereocenters. The van der Waals surface area contributed by atoms with Gasteiger partial charge in [-0.05, 0) is 25.0 Å². The van der Waals surface area contributed by atoms with E-state index in [-0.39, 0.29) is 0 Å². The average Bonchev–Trinajstić information content (AvgIpc) is 2.59. The normalized spacial score (nSPS) is 16.9. The number of ether oxygens (including phenoxy) is 1. The summed E-state index contributed by atoms with van der Waals surface area (Å²) in [6.45, 7) is 9.99. The molecule has 0 bridgehead atoms. The van der Waals surface area contributed by atoms with Gasteiger partial charge in [0.1, 0.15) is 0 Å². The lowest BCUT2D eigenvalue weighted by Gasteiger charge is -2.31. The van der Waals surface area contributed by atoms with Crippen LogP contribution in [0.3, 0.4) is 0 Å². The maximum Gasteiger partial charge on any atom is 0.0594 e. The van der Waals surface area contributed by atoms with Crippen molar-refractivity contribution < 1.29 is 4.74 Å². The Kier molecular flexibility index (Phi) is 6.02. The Morgan fingerprint density at radius 3 is 2.33 bits per heavy atom. The third-order valence-corrected chi connectivity index (χ3v) is 4.58. The van der Waals surface area contributed by atoms with Gasteiger partial charge in [-0.1, -0.05) is 59.7 Å². The van der Waals surface area contributed by atoms with E-state index in [1.165, 1.54) is 22.3 Å². The first-order chi connectivity index (χ1) is 11.7. The van der Waals surface area contributed by atoms with Crippen LogP contribution in [0.2, 0.25) is 0 Å². The summed E-state index contributed by atoms with van der Waals surface area (Å²) in [6.07, 6.45) is 0. The van der Waals surface area contributed by atoms with Crippen molar-refractivity contribution in [2.24, 2.45) is 0 Å². The van der Waals surface area contributed by atoms with Gasteiger partial charge in [-0.2, -0.15) is 0 Å². The Hall–Kier alpha value is -1.68. The van der Waals surface area contributed by atoms with Crippen LogP contribution in [0.15, 0.2) is 48.5 Å². The lowest BCUT2D eigenvalue weighted by Crippen LogP contribution is -2.41. The number of aryl methyl sites for hydroxylation is 2. The van der Waals surface area contributed by atoms with Gasteiger partial charge in [0.15, 0.2) is 0 Å². The van der Waals surface area contributed by atoms with Crippen LogP contribution < -0.4 is 5.32 Å². The number of nitrogens with one attached hydrogen (secondary N) is 1. The summed E-state index contributed by atoms with van der Waals surface area (Å²) >= 11 is 0. The molecule has 1 aliphatic rings. The van der Waals surface area contributed by atoms with Crippen LogP contribution in [-0.4, -0.2) is 37.7 Å². The lowest BCUT2D eigenvalue weighted by atomic mass is 10.0. The first-order valence-electron chi connectivity index (χ1n) is 8.86. The average molecular weight is 324 g/mol. The van der Waals surface area contributed by atoms with Crippen molar-refractivity contribution in [1.82, 2.24) is 10.2 Å². The van der Waals surface area contributed by atoms with Gasteiger partial charge in [-0.3, -0.25) is 4.90 Å². The molecule has 1 saturated heterocycles. The molecule has 1 N–H and O–H groups in total. The van der Waals surface area contributed by atoms with Crippen LogP contribution in [0.5, 0.6) is 0 Å². The molecule has 1 fully saturated rings. The number of hydrogen-bond donors (Lipinski definition) is 1. The highest BCUT2D eigenvalue weighted by Gasteiger charge is 2.18. The van der Waals surface area contributed by atoms with E-state index in [2.05, 4.69) is 72.6 Å². The minimum Gasteiger partial charge on any atom is -0.379 e. The lowest BCUT2D eigenvalue weighted by molar-refractivity contribution is 0.0333. The number of hydrogen-bond acceptors (Lipinski definition) is 3. The maximum absolute atomic E-state index is 5.48.